The average molecular weight is 402 g/mol. The van der Waals surface area contributed by atoms with E-state index in [0.29, 0.717) is 44.2 Å². The molecule has 1 fully saturated rings. The normalized spacial score (nSPS) is 15.8. The van der Waals surface area contributed by atoms with Crippen molar-refractivity contribution in [2.24, 2.45) is 0 Å². The van der Waals surface area contributed by atoms with E-state index < -0.39 is 5.41 Å². The van der Waals surface area contributed by atoms with Gasteiger partial charge in [-0.25, -0.2) is 0 Å². The van der Waals surface area contributed by atoms with E-state index in [0.717, 1.165) is 24.2 Å². The molecule has 0 aliphatic carbocycles. The highest BCUT2D eigenvalue weighted by Gasteiger charge is 2.41. The van der Waals surface area contributed by atoms with Crippen LogP contribution in [0.4, 0.5) is 0 Å². The molecule has 1 saturated heterocycles. The Morgan fingerprint density at radius 3 is 2.61 bits per heavy atom. The largest absolute Gasteiger partial charge is 0.494 e. The fraction of sp³-hybridized carbons (Fsp3) is 0.435. The third-order valence-electron chi connectivity index (χ3n) is 5.30. The Morgan fingerprint density at radius 1 is 1.14 bits per heavy atom. The van der Waals surface area contributed by atoms with Crippen LogP contribution in [0, 0.1) is 6.92 Å². The zero-order valence-corrected chi connectivity index (χ0v) is 17.1. The van der Waals surface area contributed by atoms with E-state index in [1.807, 2.05) is 48.5 Å². The molecule has 1 heterocycles. The summed E-state index contributed by atoms with van der Waals surface area (Å²) in [5.74, 6) is 0.953. The molecular weight excluding hydrogens is 374 g/mol. The maximum Gasteiger partial charge on any atom is 0.230 e. The van der Waals surface area contributed by atoms with Gasteiger partial charge in [0.15, 0.2) is 0 Å². The van der Waals surface area contributed by atoms with Crippen LogP contribution in [-0.2, 0) is 14.9 Å². The summed E-state index contributed by atoms with van der Waals surface area (Å²) in [6, 6.07) is 15.7. The van der Waals surface area contributed by atoms with Crippen molar-refractivity contribution < 1.29 is 14.3 Å². The van der Waals surface area contributed by atoms with Crippen molar-refractivity contribution in [3.8, 4) is 5.75 Å². The van der Waals surface area contributed by atoms with E-state index in [1.165, 1.54) is 5.56 Å². The second-order valence-corrected chi connectivity index (χ2v) is 7.77. The number of halogens is 1. The highest BCUT2D eigenvalue weighted by Crippen LogP contribution is 2.36. The molecule has 0 unspecified atom stereocenters. The number of amides is 1. The zero-order valence-electron chi connectivity index (χ0n) is 16.4. The standard InChI is InChI=1S/C23H28ClNO3/c1-18-7-9-21(10-8-18)28-14-3-2-13-25-22(26)23(11-15-27-16-12-23)19-5-4-6-20(24)17-19/h4-10,17H,2-3,11-16H2,1H3,(H,25,26). The van der Waals surface area contributed by atoms with Gasteiger partial charge in [0.05, 0.1) is 12.0 Å². The predicted octanol–water partition coefficient (Wildman–Crippen LogP) is 4.67. The molecule has 0 spiro atoms. The summed E-state index contributed by atoms with van der Waals surface area (Å²) in [6.07, 6.45) is 3.12. The molecule has 0 atom stereocenters. The van der Waals surface area contributed by atoms with Crippen molar-refractivity contribution in [1.29, 1.82) is 0 Å². The van der Waals surface area contributed by atoms with E-state index in [-0.39, 0.29) is 5.91 Å². The van der Waals surface area contributed by atoms with Gasteiger partial charge in [-0.15, -0.1) is 0 Å². The Hall–Kier alpha value is -2.04. The number of benzene rings is 2. The molecule has 0 bridgehead atoms. The fourth-order valence-electron chi connectivity index (χ4n) is 3.58. The van der Waals surface area contributed by atoms with Gasteiger partial charge in [-0.1, -0.05) is 41.4 Å². The van der Waals surface area contributed by atoms with Crippen LogP contribution in [-0.4, -0.2) is 32.3 Å². The number of aryl methyl sites for hydroxylation is 1. The van der Waals surface area contributed by atoms with Crippen LogP contribution in [0.1, 0.15) is 36.8 Å². The van der Waals surface area contributed by atoms with Crippen LogP contribution in [0.3, 0.4) is 0 Å². The Balaban J connectivity index is 1.48. The number of hydrogen-bond donors (Lipinski definition) is 1. The molecule has 1 aliphatic rings. The number of nitrogens with one attached hydrogen (secondary N) is 1. The van der Waals surface area contributed by atoms with Gasteiger partial charge in [0.2, 0.25) is 5.91 Å². The third kappa shape index (κ3) is 5.27. The van der Waals surface area contributed by atoms with Gasteiger partial charge in [-0.3, -0.25) is 4.79 Å². The molecule has 2 aromatic carbocycles. The number of carbonyl (C=O) groups excluding carboxylic acids is 1. The maximum absolute atomic E-state index is 13.1. The Morgan fingerprint density at radius 2 is 1.89 bits per heavy atom. The van der Waals surface area contributed by atoms with Gasteiger partial charge in [-0.2, -0.15) is 0 Å². The van der Waals surface area contributed by atoms with Crippen LogP contribution in [0.5, 0.6) is 5.75 Å². The van der Waals surface area contributed by atoms with Crippen molar-refractivity contribution in [2.45, 2.75) is 38.0 Å². The summed E-state index contributed by atoms with van der Waals surface area (Å²) in [4.78, 5) is 13.1. The lowest BCUT2D eigenvalue weighted by atomic mass is 9.73. The van der Waals surface area contributed by atoms with Crippen molar-refractivity contribution >= 4 is 17.5 Å². The highest BCUT2D eigenvalue weighted by molar-refractivity contribution is 6.30. The molecular formula is C23H28ClNO3. The van der Waals surface area contributed by atoms with Gasteiger partial charge in [0, 0.05) is 24.8 Å². The molecule has 0 radical (unpaired) electrons. The lowest BCUT2D eigenvalue weighted by Gasteiger charge is -2.36. The van der Waals surface area contributed by atoms with Gasteiger partial charge >= 0.3 is 0 Å². The van der Waals surface area contributed by atoms with Crippen LogP contribution >= 0.6 is 11.6 Å². The molecule has 1 aliphatic heterocycles. The van der Waals surface area contributed by atoms with E-state index in [1.54, 1.807) is 0 Å². The Bertz CT molecular complexity index is 770. The zero-order chi connectivity index (χ0) is 19.8. The predicted molar refractivity (Wildman–Crippen MR) is 112 cm³/mol. The Labute approximate surface area is 172 Å². The van der Waals surface area contributed by atoms with Crippen LogP contribution in [0.15, 0.2) is 48.5 Å². The van der Waals surface area contributed by atoms with Gasteiger partial charge in [0.1, 0.15) is 5.75 Å². The second kappa shape index (κ2) is 9.94. The minimum Gasteiger partial charge on any atom is -0.494 e. The molecule has 0 aromatic heterocycles. The SMILES string of the molecule is Cc1ccc(OCCCCNC(=O)C2(c3cccc(Cl)c3)CCOCC2)cc1. The van der Waals surface area contributed by atoms with Crippen LogP contribution in [0.25, 0.3) is 0 Å². The smallest absolute Gasteiger partial charge is 0.230 e. The van der Waals surface area contributed by atoms with Crippen molar-refractivity contribution in [1.82, 2.24) is 5.32 Å². The van der Waals surface area contributed by atoms with E-state index in [4.69, 9.17) is 21.1 Å². The third-order valence-corrected chi connectivity index (χ3v) is 5.54. The van der Waals surface area contributed by atoms with Crippen molar-refractivity contribution in [3.05, 3.63) is 64.7 Å². The molecule has 2 aromatic rings. The monoisotopic (exact) mass is 401 g/mol. The number of hydrogen-bond acceptors (Lipinski definition) is 3. The quantitative estimate of drug-likeness (QED) is 0.654. The average Bonchev–Trinajstić information content (AvgIpc) is 2.72. The molecule has 5 heteroatoms. The summed E-state index contributed by atoms with van der Waals surface area (Å²) in [6.45, 7) is 4.52. The first-order valence-electron chi connectivity index (χ1n) is 9.92. The summed E-state index contributed by atoms with van der Waals surface area (Å²) in [5, 5.41) is 3.78. The fourth-order valence-corrected chi connectivity index (χ4v) is 3.77. The van der Waals surface area contributed by atoms with Gasteiger partial charge in [0.25, 0.3) is 0 Å². The molecule has 3 rings (SSSR count). The summed E-state index contributed by atoms with van der Waals surface area (Å²) in [5.41, 5.74) is 1.64. The summed E-state index contributed by atoms with van der Waals surface area (Å²) < 4.78 is 11.2. The summed E-state index contributed by atoms with van der Waals surface area (Å²) in [7, 11) is 0. The van der Waals surface area contributed by atoms with Crippen molar-refractivity contribution in [2.75, 3.05) is 26.4 Å². The molecule has 150 valence electrons. The van der Waals surface area contributed by atoms with Crippen LogP contribution in [0.2, 0.25) is 5.02 Å². The first kappa shape index (κ1) is 20.7. The lowest BCUT2D eigenvalue weighted by molar-refractivity contribution is -0.130. The van der Waals surface area contributed by atoms with Crippen LogP contribution < -0.4 is 10.1 Å². The highest BCUT2D eigenvalue weighted by atomic mass is 35.5. The first-order valence-corrected chi connectivity index (χ1v) is 10.3. The number of unbranched alkanes of at least 4 members (excludes halogenated alkanes) is 1. The topological polar surface area (TPSA) is 47.6 Å². The Kier molecular flexibility index (Phi) is 7.35. The molecule has 1 amide bonds. The number of carbonyl (C=O) groups is 1. The minimum absolute atomic E-state index is 0.0671. The number of rotatable bonds is 8. The lowest BCUT2D eigenvalue weighted by Crippen LogP contribution is -2.48. The maximum atomic E-state index is 13.1. The van der Waals surface area contributed by atoms with Crippen molar-refractivity contribution in [3.63, 3.8) is 0 Å². The molecule has 28 heavy (non-hydrogen) atoms. The molecule has 4 nitrogen and oxygen atoms in total. The van der Waals surface area contributed by atoms with Gasteiger partial charge < -0.3 is 14.8 Å². The van der Waals surface area contributed by atoms with E-state index in [9.17, 15) is 4.79 Å². The minimum atomic E-state index is -0.554. The molecule has 1 N–H and O–H groups in total. The molecule has 0 saturated carbocycles. The van der Waals surface area contributed by atoms with E-state index >= 15 is 0 Å². The second-order valence-electron chi connectivity index (χ2n) is 7.33. The number of ether oxygens (including phenoxy) is 2. The first-order chi connectivity index (χ1) is 13.6. The van der Waals surface area contributed by atoms with E-state index in [2.05, 4.69) is 12.2 Å². The summed E-state index contributed by atoms with van der Waals surface area (Å²) >= 11 is 6.17. The van der Waals surface area contributed by atoms with Gasteiger partial charge in [-0.05, 0) is 62.4 Å².